The van der Waals surface area contributed by atoms with Crippen molar-refractivity contribution < 1.29 is 0 Å². The minimum atomic E-state index is 0.463. The fraction of sp³-hybridized carbons (Fsp3) is 0.200. The molecule has 3 nitrogen and oxygen atoms in total. The van der Waals surface area contributed by atoms with Crippen molar-refractivity contribution in [3.05, 3.63) is 30.3 Å². The van der Waals surface area contributed by atoms with Crippen molar-refractivity contribution in [2.45, 2.75) is 0 Å². The van der Waals surface area contributed by atoms with Gasteiger partial charge < -0.3 is 10.2 Å². The van der Waals surface area contributed by atoms with E-state index in [1.807, 2.05) is 49.3 Å². The van der Waals surface area contributed by atoms with Gasteiger partial charge in [0.1, 0.15) is 0 Å². The fourth-order valence-electron chi connectivity index (χ4n) is 0.845. The lowest BCUT2D eigenvalue weighted by atomic mass is 10.3. The van der Waals surface area contributed by atoms with Gasteiger partial charge in [0.2, 0.25) is 0 Å². The highest BCUT2D eigenvalue weighted by atomic mass is 32.1. The number of benzene rings is 1. The van der Waals surface area contributed by atoms with Crippen molar-refractivity contribution in [2.24, 2.45) is 4.99 Å². The van der Waals surface area contributed by atoms with E-state index in [0.717, 1.165) is 5.69 Å². The standard InChI is InChI=1S/C10H13N3S/c1-13(2)8-11-10(14)12-9-6-4-3-5-7-9/h3-8H,1-2H3,(H,12,14). The zero-order chi connectivity index (χ0) is 10.4. The van der Waals surface area contributed by atoms with E-state index in [-0.39, 0.29) is 0 Å². The minimum Gasteiger partial charge on any atom is -0.369 e. The second kappa shape index (κ2) is 5.34. The summed E-state index contributed by atoms with van der Waals surface area (Å²) in [6.07, 6.45) is 1.66. The second-order valence-corrected chi connectivity index (χ2v) is 3.39. The van der Waals surface area contributed by atoms with E-state index in [1.165, 1.54) is 0 Å². The van der Waals surface area contributed by atoms with Crippen LogP contribution in [0.25, 0.3) is 0 Å². The highest BCUT2D eigenvalue weighted by molar-refractivity contribution is 7.80. The Kier molecular flexibility index (Phi) is 4.07. The van der Waals surface area contributed by atoms with Crippen molar-refractivity contribution >= 4 is 29.4 Å². The maximum atomic E-state index is 5.02. The zero-order valence-electron chi connectivity index (χ0n) is 8.27. The van der Waals surface area contributed by atoms with Gasteiger partial charge in [0, 0.05) is 19.8 Å². The molecule has 1 aromatic carbocycles. The summed E-state index contributed by atoms with van der Waals surface area (Å²) in [6.45, 7) is 0. The van der Waals surface area contributed by atoms with Gasteiger partial charge in [0.15, 0.2) is 5.11 Å². The Bertz CT molecular complexity index is 319. The molecule has 1 rings (SSSR count). The number of nitrogens with one attached hydrogen (secondary N) is 1. The van der Waals surface area contributed by atoms with Crippen molar-refractivity contribution in [2.75, 3.05) is 19.4 Å². The molecule has 0 aliphatic rings. The molecule has 0 atom stereocenters. The molecule has 0 spiro atoms. The highest BCUT2D eigenvalue weighted by Gasteiger charge is 1.92. The Labute approximate surface area is 89.5 Å². The Hall–Kier alpha value is -1.42. The Balaban J connectivity index is 2.50. The van der Waals surface area contributed by atoms with Gasteiger partial charge in [-0.2, -0.15) is 0 Å². The molecule has 0 saturated carbocycles. The summed E-state index contributed by atoms with van der Waals surface area (Å²) in [6, 6.07) is 9.73. The maximum absolute atomic E-state index is 5.02. The summed E-state index contributed by atoms with van der Waals surface area (Å²) in [5.41, 5.74) is 0.952. The third-order valence-electron chi connectivity index (χ3n) is 1.43. The first-order valence-electron chi connectivity index (χ1n) is 4.25. The third-order valence-corrected chi connectivity index (χ3v) is 1.64. The van der Waals surface area contributed by atoms with Gasteiger partial charge >= 0.3 is 0 Å². The average molecular weight is 207 g/mol. The van der Waals surface area contributed by atoms with Crippen molar-refractivity contribution in [1.82, 2.24) is 4.90 Å². The number of nitrogens with zero attached hydrogens (tertiary/aromatic N) is 2. The van der Waals surface area contributed by atoms with Gasteiger partial charge in [0.05, 0.1) is 6.34 Å². The monoisotopic (exact) mass is 207 g/mol. The predicted molar refractivity (Wildman–Crippen MR) is 64.8 cm³/mol. The second-order valence-electron chi connectivity index (χ2n) is 3.00. The van der Waals surface area contributed by atoms with Crippen molar-refractivity contribution in [3.8, 4) is 0 Å². The molecule has 14 heavy (non-hydrogen) atoms. The van der Waals surface area contributed by atoms with Crippen LogP contribution in [0.15, 0.2) is 35.3 Å². The molecule has 0 saturated heterocycles. The maximum Gasteiger partial charge on any atom is 0.198 e. The summed E-state index contributed by atoms with van der Waals surface area (Å²) in [7, 11) is 3.79. The molecule has 0 aliphatic carbocycles. The van der Waals surface area contributed by atoms with Crippen molar-refractivity contribution in [1.29, 1.82) is 0 Å². The van der Waals surface area contributed by atoms with Crippen molar-refractivity contribution in [3.63, 3.8) is 0 Å². The normalized spacial score (nSPS) is 10.1. The molecule has 4 heteroatoms. The molecule has 0 amide bonds. The van der Waals surface area contributed by atoms with Crippen LogP contribution in [0.3, 0.4) is 0 Å². The van der Waals surface area contributed by atoms with Gasteiger partial charge in [-0.15, -0.1) is 0 Å². The molecule has 74 valence electrons. The molecule has 0 fully saturated rings. The van der Waals surface area contributed by atoms with E-state index >= 15 is 0 Å². The average Bonchev–Trinajstić information content (AvgIpc) is 2.16. The summed E-state index contributed by atoms with van der Waals surface area (Å²) < 4.78 is 0. The molecular formula is C10H13N3S. The third kappa shape index (κ3) is 4.00. The quantitative estimate of drug-likeness (QED) is 0.456. The molecule has 1 aromatic rings. The van der Waals surface area contributed by atoms with Gasteiger partial charge in [-0.1, -0.05) is 18.2 Å². The number of aliphatic imine (C=N–C) groups is 1. The highest BCUT2D eigenvalue weighted by Crippen LogP contribution is 2.04. The Morgan fingerprint density at radius 3 is 2.57 bits per heavy atom. The van der Waals surface area contributed by atoms with Crippen LogP contribution in [0.2, 0.25) is 0 Å². The van der Waals surface area contributed by atoms with Gasteiger partial charge in [-0.3, -0.25) is 0 Å². The van der Waals surface area contributed by atoms with Crippen LogP contribution in [-0.2, 0) is 0 Å². The molecular weight excluding hydrogens is 194 g/mol. The number of rotatable bonds is 2. The summed E-state index contributed by atoms with van der Waals surface area (Å²) in [4.78, 5) is 5.87. The van der Waals surface area contributed by atoms with E-state index in [0.29, 0.717) is 5.11 Å². The number of para-hydroxylation sites is 1. The van der Waals surface area contributed by atoms with E-state index < -0.39 is 0 Å². The lowest BCUT2D eigenvalue weighted by Crippen LogP contribution is -2.12. The fourth-order valence-corrected chi connectivity index (χ4v) is 1.01. The lowest BCUT2D eigenvalue weighted by Gasteiger charge is -2.05. The number of anilines is 1. The van der Waals surface area contributed by atoms with Crippen LogP contribution in [0.1, 0.15) is 0 Å². The number of hydrogen-bond donors (Lipinski definition) is 1. The molecule has 0 aromatic heterocycles. The number of thiocarbonyl (C=S) groups is 1. The van der Waals surface area contributed by atoms with Gasteiger partial charge in [-0.25, -0.2) is 4.99 Å². The molecule has 0 heterocycles. The van der Waals surface area contributed by atoms with E-state index in [4.69, 9.17) is 12.2 Å². The molecule has 0 aliphatic heterocycles. The summed E-state index contributed by atoms with van der Waals surface area (Å²) >= 11 is 5.02. The first-order valence-corrected chi connectivity index (χ1v) is 4.66. The minimum absolute atomic E-state index is 0.463. The summed E-state index contributed by atoms with van der Waals surface area (Å²) in [5.74, 6) is 0. The molecule has 0 radical (unpaired) electrons. The SMILES string of the molecule is CN(C)C=NC(=S)Nc1ccccc1. The first kappa shape index (κ1) is 10.7. The Morgan fingerprint density at radius 1 is 1.36 bits per heavy atom. The van der Waals surface area contributed by atoms with Gasteiger partial charge in [-0.05, 0) is 24.4 Å². The molecule has 0 unspecified atom stereocenters. The smallest absolute Gasteiger partial charge is 0.198 e. The number of hydrogen-bond acceptors (Lipinski definition) is 1. The largest absolute Gasteiger partial charge is 0.369 e. The topological polar surface area (TPSA) is 27.6 Å². The summed E-state index contributed by atoms with van der Waals surface area (Å²) in [5, 5.41) is 3.47. The van der Waals surface area contributed by atoms with Crippen LogP contribution in [-0.4, -0.2) is 30.4 Å². The zero-order valence-corrected chi connectivity index (χ0v) is 9.08. The first-order chi connectivity index (χ1) is 6.68. The lowest BCUT2D eigenvalue weighted by molar-refractivity contribution is 0.644. The van der Waals surface area contributed by atoms with Crippen LogP contribution < -0.4 is 5.32 Å². The van der Waals surface area contributed by atoms with Crippen LogP contribution in [0.5, 0.6) is 0 Å². The van der Waals surface area contributed by atoms with Gasteiger partial charge in [0.25, 0.3) is 0 Å². The van der Waals surface area contributed by atoms with E-state index in [1.54, 1.807) is 6.34 Å². The van der Waals surface area contributed by atoms with E-state index in [9.17, 15) is 0 Å². The Morgan fingerprint density at radius 2 is 2.00 bits per heavy atom. The molecule has 0 bridgehead atoms. The molecule has 1 N–H and O–H groups in total. The predicted octanol–water partition coefficient (Wildman–Crippen LogP) is 1.97. The van der Waals surface area contributed by atoms with Crippen LogP contribution >= 0.6 is 12.2 Å². The van der Waals surface area contributed by atoms with Crippen LogP contribution in [0.4, 0.5) is 5.69 Å². The van der Waals surface area contributed by atoms with Crippen LogP contribution in [0, 0.1) is 0 Å². The van der Waals surface area contributed by atoms with E-state index in [2.05, 4.69) is 10.3 Å².